The molecule has 2 rings (SSSR count). The molecule has 1 heterocycles. The molecule has 1 fully saturated rings. The van der Waals surface area contributed by atoms with Crippen LogP contribution in [0, 0.1) is 11.8 Å². The second-order valence-electron chi connectivity index (χ2n) is 9.81. The molecule has 1 aromatic rings. The number of amides is 2. The SMILES string of the molecule is CCCC1CN(C(=O)OC(C)(C)C)CC[C@@H]1NC(=O)[C@H](CCSC)C(=O)OCc1ccccc1. The molecule has 8 heteroatoms. The van der Waals surface area contributed by atoms with Crippen molar-refractivity contribution in [2.75, 3.05) is 25.1 Å². The van der Waals surface area contributed by atoms with E-state index < -0.39 is 17.5 Å². The molecule has 0 radical (unpaired) electrons. The molecule has 7 nitrogen and oxygen atoms in total. The number of hydrogen-bond acceptors (Lipinski definition) is 6. The number of likely N-dealkylation sites (tertiary alicyclic amines) is 1. The summed E-state index contributed by atoms with van der Waals surface area (Å²) in [7, 11) is 0. The number of ether oxygens (including phenoxy) is 2. The predicted octanol–water partition coefficient (Wildman–Crippen LogP) is 4.64. The van der Waals surface area contributed by atoms with E-state index in [-0.39, 0.29) is 30.6 Å². The van der Waals surface area contributed by atoms with Gasteiger partial charge in [-0.05, 0) is 63.5 Å². The molecule has 190 valence electrons. The highest BCUT2D eigenvalue weighted by Crippen LogP contribution is 2.24. The number of carbonyl (C=O) groups is 3. The highest BCUT2D eigenvalue weighted by molar-refractivity contribution is 7.98. The minimum Gasteiger partial charge on any atom is -0.460 e. The molecule has 2 amide bonds. The van der Waals surface area contributed by atoms with Crippen LogP contribution >= 0.6 is 11.8 Å². The lowest BCUT2D eigenvalue weighted by Gasteiger charge is -2.39. The first kappa shape index (κ1) is 28.0. The molecule has 0 saturated carbocycles. The molecule has 0 aliphatic carbocycles. The molecule has 1 N–H and O–H groups in total. The Balaban J connectivity index is 2.01. The zero-order valence-electron chi connectivity index (χ0n) is 21.2. The van der Waals surface area contributed by atoms with E-state index in [9.17, 15) is 14.4 Å². The van der Waals surface area contributed by atoms with Gasteiger partial charge in [-0.3, -0.25) is 9.59 Å². The normalized spacial score (nSPS) is 19.3. The van der Waals surface area contributed by atoms with Crippen LogP contribution in [0.25, 0.3) is 0 Å². The molecular formula is C26H40N2O5S. The first-order valence-electron chi connectivity index (χ1n) is 12.1. The largest absolute Gasteiger partial charge is 0.460 e. The summed E-state index contributed by atoms with van der Waals surface area (Å²) in [4.78, 5) is 40.3. The second-order valence-corrected chi connectivity index (χ2v) is 10.8. The first-order valence-corrected chi connectivity index (χ1v) is 13.5. The Hall–Kier alpha value is -2.22. The summed E-state index contributed by atoms with van der Waals surface area (Å²) in [6, 6.07) is 9.36. The fourth-order valence-electron chi connectivity index (χ4n) is 4.08. The lowest BCUT2D eigenvalue weighted by atomic mass is 9.88. The van der Waals surface area contributed by atoms with E-state index >= 15 is 0 Å². The second kappa shape index (κ2) is 13.6. The van der Waals surface area contributed by atoms with Gasteiger partial charge >= 0.3 is 12.1 Å². The summed E-state index contributed by atoms with van der Waals surface area (Å²) in [5, 5.41) is 3.12. The van der Waals surface area contributed by atoms with E-state index in [1.165, 1.54) is 0 Å². The minimum atomic E-state index is -0.845. The van der Waals surface area contributed by atoms with E-state index in [1.807, 2.05) is 57.4 Å². The molecule has 1 aliphatic rings. The van der Waals surface area contributed by atoms with Crippen molar-refractivity contribution >= 4 is 29.7 Å². The smallest absolute Gasteiger partial charge is 0.410 e. The predicted molar refractivity (Wildman–Crippen MR) is 135 cm³/mol. The Kier molecular flexibility index (Phi) is 11.2. The monoisotopic (exact) mass is 492 g/mol. The number of esters is 1. The number of piperidine rings is 1. The van der Waals surface area contributed by atoms with Crippen LogP contribution in [0.1, 0.15) is 58.9 Å². The zero-order chi connectivity index (χ0) is 25.1. The van der Waals surface area contributed by atoms with Crippen LogP contribution in [0.15, 0.2) is 30.3 Å². The Morgan fingerprint density at radius 1 is 1.21 bits per heavy atom. The van der Waals surface area contributed by atoms with Crippen molar-refractivity contribution in [1.82, 2.24) is 10.2 Å². The van der Waals surface area contributed by atoms with Crippen molar-refractivity contribution in [3.05, 3.63) is 35.9 Å². The van der Waals surface area contributed by atoms with Crippen molar-refractivity contribution in [3.63, 3.8) is 0 Å². The van der Waals surface area contributed by atoms with Gasteiger partial charge in [-0.2, -0.15) is 11.8 Å². The molecule has 3 atom stereocenters. The highest BCUT2D eigenvalue weighted by atomic mass is 32.2. The number of rotatable bonds is 10. The van der Waals surface area contributed by atoms with Gasteiger partial charge in [0.1, 0.15) is 18.1 Å². The fourth-order valence-corrected chi connectivity index (χ4v) is 4.55. The molecule has 1 aliphatic heterocycles. The molecule has 1 aromatic carbocycles. The molecule has 1 saturated heterocycles. The van der Waals surface area contributed by atoms with Crippen molar-refractivity contribution in [2.24, 2.45) is 11.8 Å². The standard InChI is InChI=1S/C26H40N2O5S/c1-6-10-20-17-28(25(31)33-26(2,3)4)15-13-22(20)27-23(29)21(14-16-34-5)24(30)32-18-19-11-8-7-9-12-19/h7-9,11-12,20-22H,6,10,13-18H2,1-5H3,(H,27,29)/t20?,21-,22-/m0/s1. The summed E-state index contributed by atoms with van der Waals surface area (Å²) in [6.45, 7) is 8.84. The van der Waals surface area contributed by atoms with Crippen LogP contribution in [0.3, 0.4) is 0 Å². The van der Waals surface area contributed by atoms with Crippen LogP contribution in [0.5, 0.6) is 0 Å². The average Bonchev–Trinajstić information content (AvgIpc) is 2.78. The van der Waals surface area contributed by atoms with Gasteiger partial charge in [0.25, 0.3) is 0 Å². The maximum atomic E-state index is 13.2. The Labute approximate surface area is 208 Å². The summed E-state index contributed by atoms with van der Waals surface area (Å²) in [6.07, 6.45) is 4.50. The number of benzene rings is 1. The van der Waals surface area contributed by atoms with E-state index in [0.29, 0.717) is 31.7 Å². The van der Waals surface area contributed by atoms with Crippen molar-refractivity contribution in [3.8, 4) is 0 Å². The summed E-state index contributed by atoms with van der Waals surface area (Å²) in [5.41, 5.74) is 0.338. The first-order chi connectivity index (χ1) is 16.1. The van der Waals surface area contributed by atoms with Gasteiger partial charge in [0.15, 0.2) is 0 Å². The summed E-state index contributed by atoms with van der Waals surface area (Å²) >= 11 is 1.60. The Bertz CT molecular complexity index is 796. The maximum absolute atomic E-state index is 13.2. The molecular weight excluding hydrogens is 452 g/mol. The van der Waals surface area contributed by atoms with Crippen LogP contribution in [-0.4, -0.2) is 59.6 Å². The lowest BCUT2D eigenvalue weighted by molar-refractivity contribution is -0.154. The van der Waals surface area contributed by atoms with E-state index in [1.54, 1.807) is 16.7 Å². The minimum absolute atomic E-state index is 0.0927. The van der Waals surface area contributed by atoms with Gasteiger partial charge in [0, 0.05) is 19.1 Å². The van der Waals surface area contributed by atoms with Gasteiger partial charge in [0.05, 0.1) is 0 Å². The zero-order valence-corrected chi connectivity index (χ0v) is 22.0. The number of nitrogens with one attached hydrogen (secondary N) is 1. The van der Waals surface area contributed by atoms with Gasteiger partial charge < -0.3 is 19.7 Å². The Morgan fingerprint density at radius 2 is 1.91 bits per heavy atom. The number of carbonyl (C=O) groups excluding carboxylic acids is 3. The van der Waals surface area contributed by atoms with Gasteiger partial charge in [-0.15, -0.1) is 0 Å². The molecule has 1 unspecified atom stereocenters. The number of thioether (sulfide) groups is 1. The number of nitrogens with zero attached hydrogens (tertiary/aromatic N) is 1. The third kappa shape index (κ3) is 9.20. The lowest BCUT2D eigenvalue weighted by Crippen LogP contribution is -2.54. The van der Waals surface area contributed by atoms with Crippen molar-refractivity contribution < 1.29 is 23.9 Å². The van der Waals surface area contributed by atoms with Crippen molar-refractivity contribution in [2.45, 2.75) is 71.6 Å². The van der Waals surface area contributed by atoms with Gasteiger partial charge in [-0.1, -0.05) is 43.7 Å². The van der Waals surface area contributed by atoms with Crippen LogP contribution in [0.4, 0.5) is 4.79 Å². The van der Waals surface area contributed by atoms with Gasteiger partial charge in [-0.25, -0.2) is 4.79 Å². The van der Waals surface area contributed by atoms with Gasteiger partial charge in [0.2, 0.25) is 5.91 Å². The highest BCUT2D eigenvalue weighted by Gasteiger charge is 2.36. The quantitative estimate of drug-likeness (QED) is 0.378. The molecule has 0 aromatic heterocycles. The van der Waals surface area contributed by atoms with E-state index in [2.05, 4.69) is 12.2 Å². The molecule has 0 spiro atoms. The average molecular weight is 493 g/mol. The van der Waals surface area contributed by atoms with Crippen LogP contribution in [-0.2, 0) is 25.7 Å². The fraction of sp³-hybridized carbons (Fsp3) is 0.654. The van der Waals surface area contributed by atoms with Crippen molar-refractivity contribution in [1.29, 1.82) is 0 Å². The van der Waals surface area contributed by atoms with Crippen LogP contribution < -0.4 is 5.32 Å². The Morgan fingerprint density at radius 3 is 2.53 bits per heavy atom. The number of hydrogen-bond donors (Lipinski definition) is 1. The third-order valence-electron chi connectivity index (χ3n) is 5.81. The third-order valence-corrected chi connectivity index (χ3v) is 6.45. The van der Waals surface area contributed by atoms with Crippen LogP contribution in [0.2, 0.25) is 0 Å². The maximum Gasteiger partial charge on any atom is 0.410 e. The molecule has 0 bridgehead atoms. The van der Waals surface area contributed by atoms with E-state index in [0.717, 1.165) is 18.4 Å². The summed E-state index contributed by atoms with van der Waals surface area (Å²) in [5.74, 6) is -0.828. The summed E-state index contributed by atoms with van der Waals surface area (Å²) < 4.78 is 11.0. The topological polar surface area (TPSA) is 84.9 Å². The molecule has 34 heavy (non-hydrogen) atoms. The van der Waals surface area contributed by atoms with E-state index in [4.69, 9.17) is 9.47 Å².